The van der Waals surface area contributed by atoms with Gasteiger partial charge in [0.15, 0.2) is 18.7 Å². The van der Waals surface area contributed by atoms with Crippen LogP contribution >= 0.6 is 0 Å². The Labute approximate surface area is 230 Å². The van der Waals surface area contributed by atoms with Crippen molar-refractivity contribution in [3.63, 3.8) is 0 Å². The van der Waals surface area contributed by atoms with Crippen molar-refractivity contribution in [2.24, 2.45) is 0 Å². The lowest BCUT2D eigenvalue weighted by molar-refractivity contribution is -0.376. The molecular formula is C24H40O16. The Morgan fingerprint density at radius 3 is 1.93 bits per heavy atom. The third-order valence-corrected chi connectivity index (χ3v) is 6.69. The van der Waals surface area contributed by atoms with Crippen molar-refractivity contribution in [1.82, 2.24) is 0 Å². The van der Waals surface area contributed by atoms with Crippen LogP contribution in [0.4, 0.5) is 0 Å². The van der Waals surface area contributed by atoms with Gasteiger partial charge in [-0.25, -0.2) is 9.59 Å². The summed E-state index contributed by atoms with van der Waals surface area (Å²) in [5.41, 5.74) is 0. The van der Waals surface area contributed by atoms with Crippen LogP contribution in [-0.2, 0) is 38.1 Å². The van der Waals surface area contributed by atoms with Gasteiger partial charge in [-0.05, 0) is 25.7 Å². The van der Waals surface area contributed by atoms with Crippen molar-refractivity contribution in [2.45, 2.75) is 119 Å². The molecule has 0 bridgehead atoms. The number of aliphatic hydroxyl groups is 7. The largest absolute Gasteiger partial charge is 0.473 e. The maximum Gasteiger partial charge on any atom is 0.417 e. The van der Waals surface area contributed by atoms with Crippen LogP contribution in [0.2, 0.25) is 0 Å². The fourth-order valence-electron chi connectivity index (χ4n) is 4.39. The van der Waals surface area contributed by atoms with E-state index in [1.165, 1.54) is 0 Å². The van der Waals surface area contributed by atoms with Gasteiger partial charge in [-0.1, -0.05) is 19.8 Å². The van der Waals surface area contributed by atoms with E-state index in [1.54, 1.807) is 0 Å². The van der Waals surface area contributed by atoms with Gasteiger partial charge in [-0.3, -0.25) is 4.79 Å². The van der Waals surface area contributed by atoms with E-state index >= 15 is 0 Å². The molecule has 0 aromatic rings. The number of carbonyl (C=O) groups is 3. The van der Waals surface area contributed by atoms with Crippen LogP contribution < -0.4 is 0 Å². The van der Waals surface area contributed by atoms with Gasteiger partial charge in [0.05, 0.1) is 13.2 Å². The summed E-state index contributed by atoms with van der Waals surface area (Å²) in [4.78, 5) is 34.8. The summed E-state index contributed by atoms with van der Waals surface area (Å²) >= 11 is 0. The molecule has 0 aromatic heterocycles. The molecule has 11 unspecified atom stereocenters. The maximum atomic E-state index is 12.5. The summed E-state index contributed by atoms with van der Waals surface area (Å²) in [7, 11) is 0. The highest BCUT2D eigenvalue weighted by atomic mass is 16.8. The van der Waals surface area contributed by atoms with Crippen molar-refractivity contribution in [3.05, 3.63) is 0 Å². The van der Waals surface area contributed by atoms with Crippen molar-refractivity contribution >= 4 is 17.9 Å². The van der Waals surface area contributed by atoms with E-state index in [-0.39, 0.29) is 19.3 Å². The lowest BCUT2D eigenvalue weighted by Gasteiger charge is -2.45. The van der Waals surface area contributed by atoms with Gasteiger partial charge in [-0.2, -0.15) is 0 Å². The van der Waals surface area contributed by atoms with Crippen LogP contribution in [0, 0.1) is 0 Å². The summed E-state index contributed by atoms with van der Waals surface area (Å²) in [6.45, 7) is 0.436. The van der Waals surface area contributed by atoms with Gasteiger partial charge in [-0.15, -0.1) is 0 Å². The highest BCUT2D eigenvalue weighted by Gasteiger charge is 2.51. The molecule has 40 heavy (non-hydrogen) atoms. The summed E-state index contributed by atoms with van der Waals surface area (Å²) in [6, 6.07) is 0. The van der Waals surface area contributed by atoms with Gasteiger partial charge in [0.25, 0.3) is 0 Å². The minimum Gasteiger partial charge on any atom is -0.473 e. The first-order chi connectivity index (χ1) is 18.9. The van der Waals surface area contributed by atoms with E-state index in [4.69, 9.17) is 28.8 Å². The monoisotopic (exact) mass is 584 g/mol. The molecule has 0 radical (unpaired) electrons. The number of hydrogen-bond donors (Lipinski definition) is 8. The second kappa shape index (κ2) is 16.5. The summed E-state index contributed by atoms with van der Waals surface area (Å²) in [5, 5.41) is 79.0. The molecular weight excluding hydrogens is 544 g/mol. The number of esters is 2. The van der Waals surface area contributed by atoms with Crippen molar-refractivity contribution < 1.29 is 78.9 Å². The minimum atomic E-state index is -1.87. The van der Waals surface area contributed by atoms with Crippen LogP contribution in [0.15, 0.2) is 0 Å². The third-order valence-electron chi connectivity index (χ3n) is 6.69. The number of ether oxygens (including phenoxy) is 5. The zero-order valence-corrected chi connectivity index (χ0v) is 22.1. The molecule has 0 saturated carbocycles. The lowest BCUT2D eigenvalue weighted by atomic mass is 9.98. The molecule has 2 saturated heterocycles. The topological polar surface area (TPSA) is 259 Å². The summed E-state index contributed by atoms with van der Waals surface area (Å²) in [6.07, 6.45) is -14.7. The van der Waals surface area contributed by atoms with Gasteiger partial charge in [0.1, 0.15) is 48.8 Å². The number of unbranched alkanes of at least 4 members (excludes halogenated alkanes) is 2. The van der Waals surface area contributed by atoms with Crippen LogP contribution in [0.3, 0.4) is 0 Å². The Morgan fingerprint density at radius 2 is 1.35 bits per heavy atom. The fourth-order valence-corrected chi connectivity index (χ4v) is 4.39. The lowest BCUT2D eigenvalue weighted by Crippen LogP contribution is -2.64. The molecule has 2 fully saturated rings. The number of hydrogen-bond acceptors (Lipinski definition) is 15. The van der Waals surface area contributed by atoms with E-state index in [1.807, 2.05) is 6.92 Å². The van der Waals surface area contributed by atoms with Gasteiger partial charge in [0, 0.05) is 6.42 Å². The van der Waals surface area contributed by atoms with Crippen LogP contribution in [0.25, 0.3) is 0 Å². The summed E-state index contributed by atoms with van der Waals surface area (Å²) < 4.78 is 26.1. The molecule has 16 nitrogen and oxygen atoms in total. The molecule has 0 aromatic carbocycles. The van der Waals surface area contributed by atoms with Gasteiger partial charge >= 0.3 is 17.9 Å². The first-order valence-electron chi connectivity index (χ1n) is 13.2. The number of rotatable bonds is 14. The van der Waals surface area contributed by atoms with Gasteiger partial charge < -0.3 is 64.5 Å². The second-order valence-corrected chi connectivity index (χ2v) is 9.71. The molecule has 2 heterocycles. The Hall–Kier alpha value is -1.99. The zero-order valence-electron chi connectivity index (χ0n) is 22.1. The molecule has 2 aliphatic heterocycles. The highest BCUT2D eigenvalue weighted by molar-refractivity contribution is 6.28. The Morgan fingerprint density at radius 1 is 0.775 bits per heavy atom. The molecule has 0 aliphatic carbocycles. The van der Waals surface area contributed by atoms with Crippen LogP contribution in [0.5, 0.6) is 0 Å². The Bertz CT molecular complexity index is 808. The maximum absolute atomic E-state index is 12.5. The number of aliphatic carboxylic acids is 1. The molecule has 11 atom stereocenters. The Balaban J connectivity index is 1.99. The molecule has 2 aliphatic rings. The molecule has 2 rings (SSSR count). The number of carboxylic acid groups (broad SMARTS) is 1. The van der Waals surface area contributed by atoms with E-state index in [2.05, 4.69) is 0 Å². The second-order valence-electron chi connectivity index (χ2n) is 9.71. The van der Waals surface area contributed by atoms with E-state index < -0.39 is 98.6 Å². The average Bonchev–Trinajstić information content (AvgIpc) is 2.92. The average molecular weight is 585 g/mol. The predicted octanol–water partition coefficient (Wildman–Crippen LogP) is -3.10. The third kappa shape index (κ3) is 9.27. The number of carbonyl (C=O) groups excluding carboxylic acids is 2. The van der Waals surface area contributed by atoms with Crippen LogP contribution in [-0.4, -0.2) is 139 Å². The van der Waals surface area contributed by atoms with Crippen molar-refractivity contribution in [2.75, 3.05) is 13.2 Å². The Kier molecular flexibility index (Phi) is 14.1. The van der Waals surface area contributed by atoms with E-state index in [0.29, 0.717) is 12.8 Å². The standard InChI is InChI=1S/C24H40O16/c1-2-3-4-6-11(36-22(35)21(33)34)7-5-8-14(27)39-20-16(29)13(10-26)38-24(19(20)32)40-23-18(31)17(30)15(28)12(9-25)37-23/h11-13,15-20,23-26,28-32H,2-10H2,1H3,(H,33,34). The highest BCUT2D eigenvalue weighted by Crippen LogP contribution is 2.29. The first kappa shape index (κ1) is 34.2. The molecule has 0 amide bonds. The normalized spacial score (nSPS) is 35.1. The number of carboxylic acids is 1. The molecule has 8 N–H and O–H groups in total. The minimum absolute atomic E-state index is 0.117. The fraction of sp³-hybridized carbons (Fsp3) is 0.875. The van der Waals surface area contributed by atoms with Crippen molar-refractivity contribution in [3.8, 4) is 0 Å². The first-order valence-corrected chi connectivity index (χ1v) is 13.2. The smallest absolute Gasteiger partial charge is 0.417 e. The van der Waals surface area contributed by atoms with E-state index in [9.17, 15) is 50.1 Å². The van der Waals surface area contributed by atoms with Crippen molar-refractivity contribution in [1.29, 1.82) is 0 Å². The zero-order chi connectivity index (χ0) is 30.0. The molecule has 232 valence electrons. The molecule has 0 spiro atoms. The molecule has 16 heteroatoms. The van der Waals surface area contributed by atoms with E-state index in [0.717, 1.165) is 12.8 Å². The van der Waals surface area contributed by atoms with Crippen LogP contribution in [0.1, 0.15) is 51.9 Å². The number of aliphatic hydroxyl groups excluding tert-OH is 7. The summed E-state index contributed by atoms with van der Waals surface area (Å²) in [5.74, 6) is -4.02. The predicted molar refractivity (Wildman–Crippen MR) is 128 cm³/mol. The quantitative estimate of drug-likeness (QED) is 0.0571. The van der Waals surface area contributed by atoms with Gasteiger partial charge in [0.2, 0.25) is 0 Å². The SMILES string of the molecule is CCCCCC(CCCC(=O)OC1C(O)C(CO)OC(OC2OC(CO)C(O)C(O)C2O)C1O)OC(=O)C(=O)O.